The van der Waals surface area contributed by atoms with E-state index in [0.717, 1.165) is 50.8 Å². The number of benzene rings is 1. The topological polar surface area (TPSA) is 24.5 Å². The molecule has 108 valence electrons. The minimum absolute atomic E-state index is 0.806. The van der Waals surface area contributed by atoms with E-state index in [-0.39, 0.29) is 0 Å². The second-order valence-corrected chi connectivity index (χ2v) is 5.04. The van der Waals surface area contributed by atoms with Gasteiger partial charge in [0, 0.05) is 37.9 Å². The van der Waals surface area contributed by atoms with Crippen LogP contribution in [0.5, 0.6) is 0 Å². The SMILES string of the molecule is CCOCCCNCCN(C)Cc1ccccc1Cl. The van der Waals surface area contributed by atoms with Gasteiger partial charge in [0.15, 0.2) is 0 Å². The van der Waals surface area contributed by atoms with E-state index < -0.39 is 0 Å². The first-order chi connectivity index (χ1) is 9.24. The summed E-state index contributed by atoms with van der Waals surface area (Å²) < 4.78 is 5.29. The van der Waals surface area contributed by atoms with Crippen molar-refractivity contribution in [2.45, 2.75) is 19.9 Å². The maximum atomic E-state index is 6.14. The number of halogens is 1. The molecule has 19 heavy (non-hydrogen) atoms. The standard InChI is InChI=1S/C15H25ClN2O/c1-3-19-12-6-9-17-10-11-18(2)13-14-7-4-5-8-15(14)16/h4-5,7-8,17H,3,6,9-13H2,1-2H3. The maximum Gasteiger partial charge on any atom is 0.0477 e. The molecule has 0 saturated heterocycles. The molecule has 0 unspecified atom stereocenters. The zero-order chi connectivity index (χ0) is 13.9. The lowest BCUT2D eigenvalue weighted by Crippen LogP contribution is -2.29. The molecule has 0 aromatic heterocycles. The maximum absolute atomic E-state index is 6.14. The van der Waals surface area contributed by atoms with Gasteiger partial charge in [-0.2, -0.15) is 0 Å². The molecular formula is C15H25ClN2O. The first-order valence-electron chi connectivity index (χ1n) is 6.94. The van der Waals surface area contributed by atoms with Crippen LogP contribution in [0.15, 0.2) is 24.3 Å². The molecule has 0 aliphatic rings. The molecule has 1 aromatic carbocycles. The molecule has 0 atom stereocenters. The summed E-state index contributed by atoms with van der Waals surface area (Å²) >= 11 is 6.14. The molecule has 3 nitrogen and oxygen atoms in total. The summed E-state index contributed by atoms with van der Waals surface area (Å²) in [6.07, 6.45) is 1.07. The lowest BCUT2D eigenvalue weighted by molar-refractivity contribution is 0.144. The molecule has 1 N–H and O–H groups in total. The van der Waals surface area contributed by atoms with Crippen LogP contribution in [0.1, 0.15) is 18.9 Å². The molecule has 4 heteroatoms. The van der Waals surface area contributed by atoms with Gasteiger partial charge in [0.25, 0.3) is 0 Å². The average Bonchev–Trinajstić information content (AvgIpc) is 2.40. The highest BCUT2D eigenvalue weighted by Gasteiger charge is 2.03. The van der Waals surface area contributed by atoms with E-state index in [4.69, 9.17) is 16.3 Å². The second kappa shape index (κ2) is 10.2. The Morgan fingerprint density at radius 3 is 2.79 bits per heavy atom. The molecule has 0 radical (unpaired) electrons. The molecule has 0 saturated carbocycles. The van der Waals surface area contributed by atoms with Crippen LogP contribution in [0.3, 0.4) is 0 Å². The van der Waals surface area contributed by atoms with Gasteiger partial charge in [-0.05, 0) is 38.6 Å². The largest absolute Gasteiger partial charge is 0.382 e. The van der Waals surface area contributed by atoms with Gasteiger partial charge < -0.3 is 15.0 Å². The lowest BCUT2D eigenvalue weighted by atomic mass is 10.2. The zero-order valence-electron chi connectivity index (χ0n) is 12.0. The Balaban J connectivity index is 2.08. The Kier molecular flexibility index (Phi) is 8.84. The molecule has 1 aromatic rings. The highest BCUT2D eigenvalue weighted by molar-refractivity contribution is 6.31. The van der Waals surface area contributed by atoms with Crippen molar-refractivity contribution in [3.05, 3.63) is 34.9 Å². The van der Waals surface area contributed by atoms with E-state index >= 15 is 0 Å². The van der Waals surface area contributed by atoms with Crippen molar-refractivity contribution in [2.24, 2.45) is 0 Å². The van der Waals surface area contributed by atoms with Crippen LogP contribution in [0.25, 0.3) is 0 Å². The van der Waals surface area contributed by atoms with Gasteiger partial charge in [0.05, 0.1) is 0 Å². The third-order valence-electron chi connectivity index (χ3n) is 2.91. The highest BCUT2D eigenvalue weighted by atomic mass is 35.5. The van der Waals surface area contributed by atoms with Gasteiger partial charge in [-0.3, -0.25) is 0 Å². The zero-order valence-corrected chi connectivity index (χ0v) is 12.7. The predicted octanol–water partition coefficient (Wildman–Crippen LogP) is 2.79. The van der Waals surface area contributed by atoms with Gasteiger partial charge in [0.1, 0.15) is 0 Å². The fourth-order valence-corrected chi connectivity index (χ4v) is 2.03. The van der Waals surface area contributed by atoms with Crippen LogP contribution in [-0.4, -0.2) is 44.8 Å². The Morgan fingerprint density at radius 2 is 2.05 bits per heavy atom. The summed E-state index contributed by atoms with van der Waals surface area (Å²) in [6.45, 7) is 7.59. The van der Waals surface area contributed by atoms with Crippen molar-refractivity contribution < 1.29 is 4.74 Å². The number of rotatable bonds is 10. The Hall–Kier alpha value is -0.610. The molecule has 0 heterocycles. The van der Waals surface area contributed by atoms with Gasteiger partial charge in [0.2, 0.25) is 0 Å². The average molecular weight is 285 g/mol. The molecule has 0 bridgehead atoms. The molecule has 1 rings (SSSR count). The summed E-state index contributed by atoms with van der Waals surface area (Å²) in [7, 11) is 2.12. The minimum Gasteiger partial charge on any atom is -0.382 e. The van der Waals surface area contributed by atoms with E-state index in [0.29, 0.717) is 0 Å². The molecular weight excluding hydrogens is 260 g/mol. The predicted molar refractivity (Wildman–Crippen MR) is 81.8 cm³/mol. The minimum atomic E-state index is 0.806. The first kappa shape index (κ1) is 16.4. The number of likely N-dealkylation sites (N-methyl/N-ethyl adjacent to an activating group) is 1. The number of nitrogens with one attached hydrogen (secondary N) is 1. The van der Waals surface area contributed by atoms with Crippen LogP contribution in [0, 0.1) is 0 Å². The fraction of sp³-hybridized carbons (Fsp3) is 0.600. The van der Waals surface area contributed by atoms with Crippen LogP contribution < -0.4 is 5.32 Å². The van der Waals surface area contributed by atoms with Gasteiger partial charge in [-0.1, -0.05) is 29.8 Å². The molecule has 0 aliphatic carbocycles. The summed E-state index contributed by atoms with van der Waals surface area (Å²) in [5.74, 6) is 0. The molecule has 0 fully saturated rings. The number of nitrogens with zero attached hydrogens (tertiary/aromatic N) is 1. The number of hydrogen-bond donors (Lipinski definition) is 1. The van der Waals surface area contributed by atoms with E-state index in [1.165, 1.54) is 5.56 Å². The van der Waals surface area contributed by atoms with Crippen molar-refractivity contribution in [1.82, 2.24) is 10.2 Å². The quantitative estimate of drug-likeness (QED) is 0.669. The van der Waals surface area contributed by atoms with E-state index in [9.17, 15) is 0 Å². The van der Waals surface area contributed by atoms with Crippen LogP contribution >= 0.6 is 11.6 Å². The fourth-order valence-electron chi connectivity index (χ4n) is 1.83. The molecule has 0 aliphatic heterocycles. The smallest absolute Gasteiger partial charge is 0.0477 e. The van der Waals surface area contributed by atoms with Crippen LogP contribution in [0.4, 0.5) is 0 Å². The summed E-state index contributed by atoms with van der Waals surface area (Å²) in [5, 5.41) is 4.27. The number of hydrogen-bond acceptors (Lipinski definition) is 3. The monoisotopic (exact) mass is 284 g/mol. The Morgan fingerprint density at radius 1 is 1.26 bits per heavy atom. The third kappa shape index (κ3) is 7.53. The normalized spacial score (nSPS) is 11.2. The second-order valence-electron chi connectivity index (χ2n) is 4.63. The van der Waals surface area contributed by atoms with Crippen molar-refractivity contribution in [3.63, 3.8) is 0 Å². The van der Waals surface area contributed by atoms with E-state index in [2.05, 4.69) is 23.3 Å². The summed E-state index contributed by atoms with van der Waals surface area (Å²) in [5.41, 5.74) is 1.18. The van der Waals surface area contributed by atoms with Gasteiger partial charge >= 0.3 is 0 Å². The highest BCUT2D eigenvalue weighted by Crippen LogP contribution is 2.15. The van der Waals surface area contributed by atoms with Crippen molar-refractivity contribution in [2.75, 3.05) is 39.9 Å². The summed E-state index contributed by atoms with van der Waals surface area (Å²) in [4.78, 5) is 2.27. The van der Waals surface area contributed by atoms with Gasteiger partial charge in [-0.15, -0.1) is 0 Å². The van der Waals surface area contributed by atoms with Crippen molar-refractivity contribution in [3.8, 4) is 0 Å². The summed E-state index contributed by atoms with van der Waals surface area (Å²) in [6, 6.07) is 8.01. The third-order valence-corrected chi connectivity index (χ3v) is 3.28. The van der Waals surface area contributed by atoms with E-state index in [1.54, 1.807) is 0 Å². The molecule has 0 spiro atoms. The molecule has 0 amide bonds. The first-order valence-corrected chi connectivity index (χ1v) is 7.32. The van der Waals surface area contributed by atoms with Crippen molar-refractivity contribution in [1.29, 1.82) is 0 Å². The van der Waals surface area contributed by atoms with E-state index in [1.807, 2.05) is 25.1 Å². The van der Waals surface area contributed by atoms with Crippen LogP contribution in [0.2, 0.25) is 5.02 Å². The van der Waals surface area contributed by atoms with Crippen molar-refractivity contribution >= 4 is 11.6 Å². The number of ether oxygens (including phenoxy) is 1. The lowest BCUT2D eigenvalue weighted by Gasteiger charge is -2.17. The van der Waals surface area contributed by atoms with Crippen LogP contribution in [-0.2, 0) is 11.3 Å². The Labute approximate surface area is 121 Å². The Bertz CT molecular complexity index is 347. The van der Waals surface area contributed by atoms with Gasteiger partial charge in [-0.25, -0.2) is 0 Å².